The molecule has 0 saturated heterocycles. The Bertz CT molecular complexity index is 1430. The Hall–Kier alpha value is -4.32. The predicted molar refractivity (Wildman–Crippen MR) is 139 cm³/mol. The molecule has 176 valence electrons. The summed E-state index contributed by atoms with van der Waals surface area (Å²) in [4.78, 5) is 28.7. The Morgan fingerprint density at radius 3 is 2.51 bits per heavy atom. The maximum atomic E-state index is 13.8. The van der Waals surface area contributed by atoms with Crippen molar-refractivity contribution in [1.29, 1.82) is 0 Å². The normalized spacial score (nSPS) is 13.1. The van der Waals surface area contributed by atoms with E-state index in [1.807, 2.05) is 48.7 Å². The lowest BCUT2D eigenvalue weighted by molar-refractivity contribution is -0.115. The molecule has 0 atom stereocenters. The summed E-state index contributed by atoms with van der Waals surface area (Å²) in [6.45, 7) is 3.46. The molecule has 0 radical (unpaired) electrons. The Kier molecular flexibility index (Phi) is 6.10. The average Bonchev–Trinajstić information content (AvgIpc) is 3.49. The Morgan fingerprint density at radius 1 is 1.00 bits per heavy atom. The molecule has 3 aromatic carbocycles. The van der Waals surface area contributed by atoms with Gasteiger partial charge in [-0.1, -0.05) is 36.4 Å². The van der Waals surface area contributed by atoms with E-state index in [1.165, 1.54) is 0 Å². The smallest absolute Gasteiger partial charge is 0.274 e. The van der Waals surface area contributed by atoms with E-state index in [-0.39, 0.29) is 17.5 Å². The van der Waals surface area contributed by atoms with Crippen LogP contribution < -0.4 is 15.0 Å². The van der Waals surface area contributed by atoms with Crippen molar-refractivity contribution in [2.45, 2.75) is 19.9 Å². The van der Waals surface area contributed by atoms with E-state index in [9.17, 15) is 9.59 Å². The fourth-order valence-electron chi connectivity index (χ4n) is 4.59. The molecule has 2 heterocycles. The number of aryl methyl sites for hydroxylation is 1. The molecule has 35 heavy (non-hydrogen) atoms. The van der Waals surface area contributed by atoms with Gasteiger partial charge in [0, 0.05) is 47.0 Å². The minimum atomic E-state index is -0.348. The minimum Gasteiger partial charge on any atom is -0.497 e. The molecule has 4 aromatic rings. The molecule has 1 aromatic heterocycles. The molecule has 1 N–H and O–H groups in total. The third-order valence-corrected chi connectivity index (χ3v) is 6.42. The van der Waals surface area contributed by atoms with Gasteiger partial charge in [0.05, 0.1) is 7.11 Å². The SMILES string of the molecule is CCn1cc(C=C(NC(=O)c2ccc(OC)cc2)C(=O)N2CCc3ccccc32)c2ccccc21. The summed E-state index contributed by atoms with van der Waals surface area (Å²) in [6.07, 6.45) is 4.60. The first-order chi connectivity index (χ1) is 17.1. The van der Waals surface area contributed by atoms with Crippen molar-refractivity contribution in [2.75, 3.05) is 18.6 Å². The molecule has 0 bridgehead atoms. The summed E-state index contributed by atoms with van der Waals surface area (Å²) in [5.74, 6) is 0.0820. The first-order valence-electron chi connectivity index (χ1n) is 11.7. The molecule has 2 amide bonds. The van der Waals surface area contributed by atoms with E-state index < -0.39 is 0 Å². The third-order valence-electron chi connectivity index (χ3n) is 6.42. The number of fused-ring (bicyclic) bond motifs is 2. The number of carbonyl (C=O) groups excluding carboxylic acids is 2. The topological polar surface area (TPSA) is 63.6 Å². The Labute approximate surface area is 204 Å². The Balaban J connectivity index is 1.55. The van der Waals surface area contributed by atoms with E-state index in [0.29, 0.717) is 17.9 Å². The highest BCUT2D eigenvalue weighted by Gasteiger charge is 2.28. The van der Waals surface area contributed by atoms with Crippen molar-refractivity contribution in [3.8, 4) is 5.75 Å². The number of methoxy groups -OCH3 is 1. The lowest BCUT2D eigenvalue weighted by Gasteiger charge is -2.20. The van der Waals surface area contributed by atoms with Gasteiger partial charge < -0.3 is 19.5 Å². The third kappa shape index (κ3) is 4.30. The summed E-state index contributed by atoms with van der Waals surface area (Å²) in [5, 5.41) is 3.93. The van der Waals surface area contributed by atoms with Crippen molar-refractivity contribution in [1.82, 2.24) is 9.88 Å². The van der Waals surface area contributed by atoms with Crippen LogP contribution in [0.2, 0.25) is 0 Å². The molecular formula is C29H27N3O3. The zero-order valence-electron chi connectivity index (χ0n) is 19.8. The van der Waals surface area contributed by atoms with Crippen LogP contribution in [0, 0.1) is 0 Å². The average molecular weight is 466 g/mol. The molecule has 0 saturated carbocycles. The van der Waals surface area contributed by atoms with Crippen LogP contribution in [-0.4, -0.2) is 30.0 Å². The van der Waals surface area contributed by atoms with Gasteiger partial charge in [-0.2, -0.15) is 0 Å². The molecule has 1 aliphatic heterocycles. The number of rotatable bonds is 6. The second-order valence-electron chi connectivity index (χ2n) is 8.46. The summed E-state index contributed by atoms with van der Waals surface area (Å²) in [7, 11) is 1.58. The summed E-state index contributed by atoms with van der Waals surface area (Å²) in [6, 6.07) is 22.8. The van der Waals surface area contributed by atoms with E-state index in [4.69, 9.17) is 4.74 Å². The van der Waals surface area contributed by atoms with Crippen LogP contribution >= 0.6 is 0 Å². The molecule has 6 nitrogen and oxygen atoms in total. The van der Waals surface area contributed by atoms with Crippen molar-refractivity contribution >= 4 is 34.5 Å². The van der Waals surface area contributed by atoms with Crippen LogP contribution in [0.3, 0.4) is 0 Å². The highest BCUT2D eigenvalue weighted by molar-refractivity contribution is 6.13. The second-order valence-corrected chi connectivity index (χ2v) is 8.46. The summed E-state index contributed by atoms with van der Waals surface area (Å²) >= 11 is 0. The number of ether oxygens (including phenoxy) is 1. The maximum absolute atomic E-state index is 13.8. The zero-order valence-corrected chi connectivity index (χ0v) is 19.8. The molecule has 1 aliphatic rings. The maximum Gasteiger partial charge on any atom is 0.274 e. The molecule has 5 rings (SSSR count). The highest BCUT2D eigenvalue weighted by atomic mass is 16.5. The monoisotopic (exact) mass is 465 g/mol. The lowest BCUT2D eigenvalue weighted by Crippen LogP contribution is -2.37. The Morgan fingerprint density at radius 2 is 1.74 bits per heavy atom. The number of nitrogens with zero attached hydrogens (tertiary/aromatic N) is 2. The summed E-state index contributed by atoms with van der Waals surface area (Å²) < 4.78 is 7.33. The number of hydrogen-bond donors (Lipinski definition) is 1. The predicted octanol–water partition coefficient (Wildman–Crippen LogP) is 5.03. The van der Waals surface area contributed by atoms with Crippen molar-refractivity contribution < 1.29 is 14.3 Å². The molecule has 0 unspecified atom stereocenters. The van der Waals surface area contributed by atoms with E-state index in [1.54, 1.807) is 42.4 Å². The lowest BCUT2D eigenvalue weighted by atomic mass is 10.1. The van der Waals surface area contributed by atoms with Gasteiger partial charge in [0.15, 0.2) is 0 Å². The number of anilines is 1. The quantitative estimate of drug-likeness (QED) is 0.406. The van der Waals surface area contributed by atoms with E-state index in [0.717, 1.165) is 40.7 Å². The van der Waals surface area contributed by atoms with Crippen LogP contribution in [-0.2, 0) is 17.8 Å². The standard InChI is InChI=1S/C29H27N3O3/c1-3-31-19-22(24-9-5-7-11-27(24)31)18-25(30-28(33)21-12-14-23(35-2)15-13-21)29(34)32-17-16-20-8-4-6-10-26(20)32/h4-15,18-19H,3,16-17H2,1-2H3,(H,30,33). The largest absolute Gasteiger partial charge is 0.497 e. The first kappa shape index (κ1) is 22.5. The number of benzene rings is 3. The van der Waals surface area contributed by atoms with Gasteiger partial charge in [-0.25, -0.2) is 0 Å². The van der Waals surface area contributed by atoms with Gasteiger partial charge in [-0.3, -0.25) is 9.59 Å². The summed E-state index contributed by atoms with van der Waals surface area (Å²) in [5.41, 5.74) is 4.67. The number of aromatic nitrogens is 1. The van der Waals surface area contributed by atoms with Crippen LogP contribution in [0.5, 0.6) is 5.75 Å². The van der Waals surface area contributed by atoms with Gasteiger partial charge >= 0.3 is 0 Å². The number of para-hydroxylation sites is 2. The van der Waals surface area contributed by atoms with Crippen molar-refractivity contribution in [3.63, 3.8) is 0 Å². The van der Waals surface area contributed by atoms with Crippen molar-refractivity contribution in [2.24, 2.45) is 0 Å². The van der Waals surface area contributed by atoms with Crippen LogP contribution in [0.15, 0.2) is 84.7 Å². The first-order valence-corrected chi connectivity index (χ1v) is 11.7. The van der Waals surface area contributed by atoms with Gasteiger partial charge in [0.2, 0.25) is 0 Å². The van der Waals surface area contributed by atoms with Crippen LogP contribution in [0.25, 0.3) is 17.0 Å². The van der Waals surface area contributed by atoms with Gasteiger partial charge in [0.1, 0.15) is 11.4 Å². The second kappa shape index (κ2) is 9.50. The van der Waals surface area contributed by atoms with Crippen LogP contribution in [0.1, 0.15) is 28.4 Å². The van der Waals surface area contributed by atoms with Crippen LogP contribution in [0.4, 0.5) is 5.69 Å². The number of hydrogen-bond acceptors (Lipinski definition) is 3. The van der Waals surface area contributed by atoms with Gasteiger partial charge in [-0.05, 0) is 61.4 Å². The van der Waals surface area contributed by atoms with Gasteiger partial charge in [0.25, 0.3) is 11.8 Å². The fourth-order valence-corrected chi connectivity index (χ4v) is 4.59. The molecular weight excluding hydrogens is 438 g/mol. The van der Waals surface area contributed by atoms with Crippen molar-refractivity contribution in [3.05, 3.63) is 101 Å². The zero-order chi connectivity index (χ0) is 24.4. The molecule has 0 spiro atoms. The molecule has 0 fully saturated rings. The van der Waals surface area contributed by atoms with E-state index >= 15 is 0 Å². The van der Waals surface area contributed by atoms with E-state index in [2.05, 4.69) is 22.9 Å². The fraction of sp³-hybridized carbons (Fsp3) is 0.172. The molecule has 0 aliphatic carbocycles. The number of carbonyl (C=O) groups is 2. The number of amides is 2. The minimum absolute atomic E-state index is 0.231. The number of nitrogens with one attached hydrogen (secondary N) is 1. The molecule has 6 heteroatoms. The van der Waals surface area contributed by atoms with Gasteiger partial charge in [-0.15, -0.1) is 0 Å². The highest BCUT2D eigenvalue weighted by Crippen LogP contribution is 2.30.